The van der Waals surface area contributed by atoms with Gasteiger partial charge < -0.3 is 25.8 Å². The Hall–Kier alpha value is -3.50. The lowest BCUT2D eigenvalue weighted by Crippen LogP contribution is -2.57. The van der Waals surface area contributed by atoms with E-state index in [-0.39, 0.29) is 19.6 Å². The minimum Gasteiger partial charge on any atom is -0.466 e. The molecule has 0 aliphatic rings. The molecular formula is C21H28FN3O7. The fourth-order valence-electron chi connectivity index (χ4n) is 2.92. The number of benzene rings is 1. The number of carbonyl (C=O) groups is 5. The molecule has 1 aromatic carbocycles. The maximum absolute atomic E-state index is 13.2. The maximum Gasteiger partial charge on any atom is 0.312 e. The number of hydrogen-bond donors (Lipinski definition) is 3. The van der Waals surface area contributed by atoms with Crippen LogP contribution >= 0.6 is 0 Å². The standard InChI is InChI=1S/C21H28FN3O7/c1-4-31-17(27)11-15(21(30)32-5-2)18(19(23)28)25-20(29)16(24-12(3)26)10-13-6-8-14(22)9-7-13/h6-9,15-16,18H,4-5,10-11H2,1-3H3,(H2,23,28)(H,24,26)(H,25,29)/t15-,16+,18-/m1/s1. The van der Waals surface area contributed by atoms with Gasteiger partial charge in [-0.15, -0.1) is 0 Å². The lowest BCUT2D eigenvalue weighted by molar-refractivity contribution is -0.157. The summed E-state index contributed by atoms with van der Waals surface area (Å²) in [5.41, 5.74) is 5.93. The van der Waals surface area contributed by atoms with Gasteiger partial charge in [-0.05, 0) is 31.5 Å². The normalized spacial score (nSPS) is 13.2. The Morgan fingerprint density at radius 3 is 2.09 bits per heavy atom. The van der Waals surface area contributed by atoms with Crippen LogP contribution < -0.4 is 16.4 Å². The van der Waals surface area contributed by atoms with Crippen LogP contribution in [-0.4, -0.2) is 55.0 Å². The van der Waals surface area contributed by atoms with E-state index in [2.05, 4.69) is 10.6 Å². The van der Waals surface area contributed by atoms with E-state index in [1.165, 1.54) is 38.1 Å². The molecule has 0 fully saturated rings. The molecule has 1 rings (SSSR count). The topological polar surface area (TPSA) is 154 Å². The molecule has 1 aromatic rings. The van der Waals surface area contributed by atoms with Crippen LogP contribution in [0.1, 0.15) is 32.8 Å². The van der Waals surface area contributed by atoms with Crippen molar-refractivity contribution in [3.05, 3.63) is 35.6 Å². The molecule has 0 spiro atoms. The highest BCUT2D eigenvalue weighted by atomic mass is 19.1. The van der Waals surface area contributed by atoms with E-state index in [1.54, 1.807) is 6.92 Å². The molecule has 0 radical (unpaired) electrons. The molecular weight excluding hydrogens is 425 g/mol. The van der Waals surface area contributed by atoms with E-state index in [4.69, 9.17) is 15.2 Å². The van der Waals surface area contributed by atoms with E-state index in [9.17, 15) is 28.4 Å². The van der Waals surface area contributed by atoms with Crippen molar-refractivity contribution >= 4 is 29.7 Å². The predicted molar refractivity (Wildman–Crippen MR) is 110 cm³/mol. The summed E-state index contributed by atoms with van der Waals surface area (Å²) < 4.78 is 22.9. The first-order valence-corrected chi connectivity index (χ1v) is 10.0. The van der Waals surface area contributed by atoms with Gasteiger partial charge >= 0.3 is 11.9 Å². The van der Waals surface area contributed by atoms with Crippen LogP contribution in [-0.2, 0) is 39.9 Å². The van der Waals surface area contributed by atoms with E-state index >= 15 is 0 Å². The van der Waals surface area contributed by atoms with Crippen molar-refractivity contribution in [2.75, 3.05) is 13.2 Å². The molecule has 32 heavy (non-hydrogen) atoms. The van der Waals surface area contributed by atoms with Crippen molar-refractivity contribution in [3.8, 4) is 0 Å². The highest BCUT2D eigenvalue weighted by molar-refractivity contribution is 5.95. The van der Waals surface area contributed by atoms with Crippen LogP contribution in [0.2, 0.25) is 0 Å². The van der Waals surface area contributed by atoms with Gasteiger partial charge in [-0.3, -0.25) is 24.0 Å². The van der Waals surface area contributed by atoms with Crippen molar-refractivity contribution < 1.29 is 37.8 Å². The Morgan fingerprint density at radius 2 is 1.59 bits per heavy atom. The smallest absolute Gasteiger partial charge is 0.312 e. The first-order chi connectivity index (χ1) is 15.1. The van der Waals surface area contributed by atoms with Crippen molar-refractivity contribution in [2.24, 2.45) is 11.7 Å². The highest BCUT2D eigenvalue weighted by Gasteiger charge is 2.38. The first-order valence-electron chi connectivity index (χ1n) is 10.0. The average Bonchev–Trinajstić information content (AvgIpc) is 2.71. The summed E-state index contributed by atoms with van der Waals surface area (Å²) in [7, 11) is 0. The van der Waals surface area contributed by atoms with Crippen LogP contribution in [0, 0.1) is 11.7 Å². The Balaban J connectivity index is 3.13. The summed E-state index contributed by atoms with van der Waals surface area (Å²) in [5.74, 6) is -6.04. The zero-order chi connectivity index (χ0) is 24.3. The summed E-state index contributed by atoms with van der Waals surface area (Å²) in [4.78, 5) is 60.9. The number of rotatable bonds is 12. The van der Waals surface area contributed by atoms with Crippen LogP contribution in [0.4, 0.5) is 4.39 Å². The van der Waals surface area contributed by atoms with Gasteiger partial charge in [0.05, 0.1) is 25.6 Å². The Kier molecular flexibility index (Phi) is 10.8. The van der Waals surface area contributed by atoms with Crippen molar-refractivity contribution in [1.82, 2.24) is 10.6 Å². The minimum atomic E-state index is -1.60. The number of primary amides is 1. The van der Waals surface area contributed by atoms with Gasteiger partial charge in [0.2, 0.25) is 17.7 Å². The molecule has 0 bridgehead atoms. The van der Waals surface area contributed by atoms with Gasteiger partial charge in [0.1, 0.15) is 17.9 Å². The van der Waals surface area contributed by atoms with Crippen molar-refractivity contribution in [1.29, 1.82) is 0 Å². The number of nitrogens with one attached hydrogen (secondary N) is 2. The maximum atomic E-state index is 13.2. The van der Waals surface area contributed by atoms with Crippen LogP contribution in [0.25, 0.3) is 0 Å². The quantitative estimate of drug-likeness (QED) is 0.376. The summed E-state index contributed by atoms with van der Waals surface area (Å²) in [6.45, 7) is 4.31. The third-order valence-corrected chi connectivity index (χ3v) is 4.33. The Morgan fingerprint density at radius 1 is 1.00 bits per heavy atom. The number of amides is 3. The van der Waals surface area contributed by atoms with E-state index < -0.39 is 59.9 Å². The van der Waals surface area contributed by atoms with E-state index in [0.717, 1.165) is 0 Å². The number of nitrogens with two attached hydrogens (primary N) is 1. The second-order valence-corrected chi connectivity index (χ2v) is 6.84. The van der Waals surface area contributed by atoms with Gasteiger partial charge in [0.25, 0.3) is 0 Å². The lowest BCUT2D eigenvalue weighted by Gasteiger charge is -2.26. The summed E-state index contributed by atoms with van der Waals surface area (Å²) in [6, 6.07) is 2.50. The lowest BCUT2D eigenvalue weighted by atomic mass is 9.94. The molecule has 3 atom stereocenters. The first kappa shape index (κ1) is 26.5. The molecule has 0 heterocycles. The molecule has 4 N–H and O–H groups in total. The molecule has 10 nitrogen and oxygen atoms in total. The monoisotopic (exact) mass is 453 g/mol. The van der Waals surface area contributed by atoms with Gasteiger partial charge in [-0.1, -0.05) is 12.1 Å². The zero-order valence-electron chi connectivity index (χ0n) is 18.2. The van der Waals surface area contributed by atoms with Crippen molar-refractivity contribution in [2.45, 2.75) is 45.7 Å². The third-order valence-electron chi connectivity index (χ3n) is 4.33. The predicted octanol–water partition coefficient (Wildman–Crippen LogP) is -0.0245. The molecule has 176 valence electrons. The summed E-state index contributed by atoms with van der Waals surface area (Å²) in [5, 5.41) is 4.77. The minimum absolute atomic E-state index is 0.0286. The number of halogens is 1. The van der Waals surface area contributed by atoms with Crippen molar-refractivity contribution in [3.63, 3.8) is 0 Å². The number of hydrogen-bond acceptors (Lipinski definition) is 7. The molecule has 0 aromatic heterocycles. The average molecular weight is 453 g/mol. The molecule has 3 amide bonds. The second kappa shape index (κ2) is 13.0. The molecule has 0 aliphatic carbocycles. The van der Waals surface area contributed by atoms with Gasteiger partial charge in [-0.2, -0.15) is 0 Å². The fourth-order valence-corrected chi connectivity index (χ4v) is 2.92. The van der Waals surface area contributed by atoms with Crippen LogP contribution in [0.15, 0.2) is 24.3 Å². The number of esters is 2. The molecule has 0 aliphatic heterocycles. The number of ether oxygens (including phenoxy) is 2. The Labute approximate surface area is 185 Å². The largest absolute Gasteiger partial charge is 0.466 e. The molecule has 11 heteroatoms. The Bertz CT molecular complexity index is 829. The fraction of sp³-hybridized carbons (Fsp3) is 0.476. The third kappa shape index (κ3) is 8.70. The van der Waals surface area contributed by atoms with Crippen LogP contribution in [0.3, 0.4) is 0 Å². The number of carbonyl (C=O) groups excluding carboxylic acids is 5. The van der Waals surface area contributed by atoms with Gasteiger partial charge in [0, 0.05) is 13.3 Å². The summed E-state index contributed by atoms with van der Waals surface area (Å²) in [6.07, 6.45) is -0.581. The molecule has 0 saturated heterocycles. The zero-order valence-corrected chi connectivity index (χ0v) is 18.2. The van der Waals surface area contributed by atoms with Crippen LogP contribution in [0.5, 0.6) is 0 Å². The summed E-state index contributed by atoms with van der Waals surface area (Å²) >= 11 is 0. The van der Waals surface area contributed by atoms with Gasteiger partial charge in [0.15, 0.2) is 0 Å². The second-order valence-electron chi connectivity index (χ2n) is 6.84. The van der Waals surface area contributed by atoms with E-state index in [0.29, 0.717) is 5.56 Å². The molecule has 0 unspecified atom stereocenters. The highest BCUT2D eigenvalue weighted by Crippen LogP contribution is 2.15. The SMILES string of the molecule is CCOC(=O)C[C@@H](C(=O)OCC)[C@@H](NC(=O)[C@H](Cc1ccc(F)cc1)NC(C)=O)C(N)=O. The van der Waals surface area contributed by atoms with E-state index in [1.807, 2.05) is 0 Å². The van der Waals surface area contributed by atoms with Gasteiger partial charge in [-0.25, -0.2) is 4.39 Å². The molecule has 0 saturated carbocycles.